The van der Waals surface area contributed by atoms with Crippen molar-refractivity contribution in [1.29, 1.82) is 0 Å². The zero-order valence-electron chi connectivity index (χ0n) is 13.4. The number of nitrogens with zero attached hydrogens (tertiary/aromatic N) is 3. The third-order valence-corrected chi connectivity index (χ3v) is 3.84. The van der Waals surface area contributed by atoms with Crippen LogP contribution in [0, 0.1) is 0 Å². The Kier molecular flexibility index (Phi) is 5.26. The fourth-order valence-corrected chi connectivity index (χ4v) is 2.57. The predicted octanol–water partition coefficient (Wildman–Crippen LogP) is 1.98. The van der Waals surface area contributed by atoms with E-state index in [9.17, 15) is 0 Å². The summed E-state index contributed by atoms with van der Waals surface area (Å²) >= 11 is 0. The molecule has 1 fully saturated rings. The molecular formula is C17H22N4O2. The number of hydrogen-bond donors (Lipinski definition) is 1. The molecule has 3 rings (SSSR count). The number of nitrogens with one attached hydrogen (secondary N) is 1. The fraction of sp³-hybridized carbons (Fsp3) is 0.412. The van der Waals surface area contributed by atoms with E-state index in [0.29, 0.717) is 0 Å². The molecule has 1 aliphatic heterocycles. The van der Waals surface area contributed by atoms with Crippen LogP contribution >= 0.6 is 0 Å². The van der Waals surface area contributed by atoms with Crippen LogP contribution in [0.2, 0.25) is 0 Å². The van der Waals surface area contributed by atoms with E-state index in [2.05, 4.69) is 32.3 Å². The molecule has 2 aromatic rings. The monoisotopic (exact) mass is 314 g/mol. The molecule has 0 atom stereocenters. The quantitative estimate of drug-likeness (QED) is 0.880. The van der Waals surface area contributed by atoms with Crippen molar-refractivity contribution in [2.75, 3.05) is 50.2 Å². The van der Waals surface area contributed by atoms with E-state index < -0.39 is 0 Å². The van der Waals surface area contributed by atoms with E-state index in [4.69, 9.17) is 9.47 Å². The zero-order chi connectivity index (χ0) is 15.9. The summed E-state index contributed by atoms with van der Waals surface area (Å²) in [5, 5.41) is 3.36. The van der Waals surface area contributed by atoms with E-state index in [1.165, 1.54) is 5.56 Å². The van der Waals surface area contributed by atoms with E-state index >= 15 is 0 Å². The van der Waals surface area contributed by atoms with E-state index in [0.717, 1.165) is 56.7 Å². The highest BCUT2D eigenvalue weighted by Gasteiger charge is 2.12. The standard InChI is InChI=1S/C17H22N4O2/c1-22-15-4-2-3-14(11-15)5-6-18-16-12-17(20-13-19-16)21-7-9-23-10-8-21/h2-4,11-13H,5-10H2,1H3,(H,18,19,20). The van der Waals surface area contributed by atoms with Gasteiger partial charge in [0.1, 0.15) is 23.7 Å². The van der Waals surface area contributed by atoms with Gasteiger partial charge >= 0.3 is 0 Å². The van der Waals surface area contributed by atoms with Crippen molar-refractivity contribution in [1.82, 2.24) is 9.97 Å². The van der Waals surface area contributed by atoms with Crippen LogP contribution in [-0.4, -0.2) is 49.9 Å². The van der Waals surface area contributed by atoms with Gasteiger partial charge in [-0.2, -0.15) is 0 Å². The lowest BCUT2D eigenvalue weighted by Gasteiger charge is -2.27. The lowest BCUT2D eigenvalue weighted by Crippen LogP contribution is -2.36. The van der Waals surface area contributed by atoms with Crippen LogP contribution in [0.25, 0.3) is 0 Å². The minimum atomic E-state index is 0.753. The highest BCUT2D eigenvalue weighted by molar-refractivity contribution is 5.48. The van der Waals surface area contributed by atoms with Crippen molar-refractivity contribution >= 4 is 11.6 Å². The number of morpholine rings is 1. The molecule has 1 N–H and O–H groups in total. The van der Waals surface area contributed by atoms with Gasteiger partial charge in [-0.1, -0.05) is 12.1 Å². The van der Waals surface area contributed by atoms with Crippen LogP contribution < -0.4 is 15.0 Å². The first-order chi connectivity index (χ1) is 11.3. The van der Waals surface area contributed by atoms with Gasteiger partial charge in [0.2, 0.25) is 0 Å². The highest BCUT2D eigenvalue weighted by atomic mass is 16.5. The van der Waals surface area contributed by atoms with Crippen LogP contribution in [0.5, 0.6) is 5.75 Å². The molecule has 1 saturated heterocycles. The van der Waals surface area contributed by atoms with Crippen molar-refractivity contribution in [2.24, 2.45) is 0 Å². The normalized spacial score (nSPS) is 14.6. The minimum absolute atomic E-state index is 0.753. The van der Waals surface area contributed by atoms with Gasteiger partial charge in [0.15, 0.2) is 0 Å². The SMILES string of the molecule is COc1cccc(CCNc2cc(N3CCOCC3)ncn2)c1. The number of hydrogen-bond acceptors (Lipinski definition) is 6. The second-order valence-electron chi connectivity index (χ2n) is 5.39. The number of methoxy groups -OCH3 is 1. The van der Waals surface area contributed by atoms with Gasteiger partial charge in [-0.25, -0.2) is 9.97 Å². The minimum Gasteiger partial charge on any atom is -0.497 e. The zero-order valence-corrected chi connectivity index (χ0v) is 13.4. The second-order valence-corrected chi connectivity index (χ2v) is 5.39. The summed E-state index contributed by atoms with van der Waals surface area (Å²) in [4.78, 5) is 10.9. The van der Waals surface area contributed by atoms with Crippen molar-refractivity contribution in [3.8, 4) is 5.75 Å². The summed E-state index contributed by atoms with van der Waals surface area (Å²) in [6.07, 6.45) is 2.52. The largest absolute Gasteiger partial charge is 0.497 e. The average molecular weight is 314 g/mol. The van der Waals surface area contributed by atoms with Crippen molar-refractivity contribution in [2.45, 2.75) is 6.42 Å². The Morgan fingerprint density at radius 1 is 1.22 bits per heavy atom. The van der Waals surface area contributed by atoms with Gasteiger partial charge in [-0.05, 0) is 24.1 Å². The maximum atomic E-state index is 5.37. The molecule has 0 radical (unpaired) electrons. The molecule has 122 valence electrons. The van der Waals surface area contributed by atoms with Crippen molar-refractivity contribution in [3.63, 3.8) is 0 Å². The average Bonchev–Trinajstić information content (AvgIpc) is 2.63. The summed E-state index contributed by atoms with van der Waals surface area (Å²) in [7, 11) is 1.69. The maximum Gasteiger partial charge on any atom is 0.134 e. The molecule has 1 aromatic heterocycles. The topological polar surface area (TPSA) is 59.5 Å². The highest BCUT2D eigenvalue weighted by Crippen LogP contribution is 2.16. The number of aromatic nitrogens is 2. The lowest BCUT2D eigenvalue weighted by molar-refractivity contribution is 0.122. The van der Waals surface area contributed by atoms with Crippen LogP contribution in [0.15, 0.2) is 36.7 Å². The third-order valence-electron chi connectivity index (χ3n) is 3.84. The Hall–Kier alpha value is -2.34. The first-order valence-electron chi connectivity index (χ1n) is 7.87. The van der Waals surface area contributed by atoms with Crippen molar-refractivity contribution in [3.05, 3.63) is 42.2 Å². The Bertz CT molecular complexity index is 629. The van der Waals surface area contributed by atoms with Gasteiger partial charge in [-0.3, -0.25) is 0 Å². The summed E-state index contributed by atoms with van der Waals surface area (Å²) < 4.78 is 10.6. The maximum absolute atomic E-state index is 5.37. The second kappa shape index (κ2) is 7.78. The molecule has 23 heavy (non-hydrogen) atoms. The molecule has 0 saturated carbocycles. The molecule has 1 aliphatic rings. The van der Waals surface area contributed by atoms with E-state index in [-0.39, 0.29) is 0 Å². The molecule has 0 bridgehead atoms. The number of ether oxygens (including phenoxy) is 2. The number of rotatable bonds is 6. The first-order valence-corrected chi connectivity index (χ1v) is 7.87. The Labute approximate surface area is 136 Å². The van der Waals surface area contributed by atoms with Gasteiger partial charge < -0.3 is 19.7 Å². The smallest absolute Gasteiger partial charge is 0.134 e. The summed E-state index contributed by atoms with van der Waals surface area (Å²) in [5.41, 5.74) is 1.24. The van der Waals surface area contributed by atoms with Crippen LogP contribution in [0.1, 0.15) is 5.56 Å². The summed E-state index contributed by atoms with van der Waals surface area (Å²) in [5.74, 6) is 2.69. The number of benzene rings is 1. The van der Waals surface area contributed by atoms with E-state index in [1.807, 2.05) is 18.2 Å². The third kappa shape index (κ3) is 4.32. The number of anilines is 2. The summed E-state index contributed by atoms with van der Waals surface area (Å²) in [6.45, 7) is 4.07. The van der Waals surface area contributed by atoms with Gasteiger partial charge in [0.25, 0.3) is 0 Å². The van der Waals surface area contributed by atoms with Crippen LogP contribution in [0.3, 0.4) is 0 Å². The molecule has 6 nitrogen and oxygen atoms in total. The van der Waals surface area contributed by atoms with Gasteiger partial charge in [0, 0.05) is 25.7 Å². The van der Waals surface area contributed by atoms with Crippen molar-refractivity contribution < 1.29 is 9.47 Å². The van der Waals surface area contributed by atoms with Crippen LogP contribution in [0.4, 0.5) is 11.6 Å². The molecule has 0 amide bonds. The summed E-state index contributed by atoms with van der Waals surface area (Å²) in [6, 6.07) is 10.1. The van der Waals surface area contributed by atoms with Crippen LogP contribution in [-0.2, 0) is 11.2 Å². The molecule has 2 heterocycles. The van der Waals surface area contributed by atoms with E-state index in [1.54, 1.807) is 13.4 Å². The van der Waals surface area contributed by atoms with Gasteiger partial charge in [0.05, 0.1) is 20.3 Å². The predicted molar refractivity (Wildman–Crippen MR) is 90.3 cm³/mol. The molecule has 1 aromatic carbocycles. The van der Waals surface area contributed by atoms with Gasteiger partial charge in [-0.15, -0.1) is 0 Å². The Morgan fingerprint density at radius 2 is 2.09 bits per heavy atom. The lowest BCUT2D eigenvalue weighted by atomic mass is 10.1. The first kappa shape index (κ1) is 15.6. The molecule has 0 unspecified atom stereocenters. The molecule has 0 spiro atoms. The molecule has 0 aliphatic carbocycles. The molecule has 6 heteroatoms. The fourth-order valence-electron chi connectivity index (χ4n) is 2.57. The molecular weight excluding hydrogens is 292 g/mol. The Balaban J connectivity index is 1.55. The Morgan fingerprint density at radius 3 is 2.91 bits per heavy atom.